The smallest absolute Gasteiger partial charge is 0.0648 e. The number of benzene rings is 1. The van der Waals surface area contributed by atoms with Crippen LogP contribution in [-0.2, 0) is 12.8 Å². The fourth-order valence-electron chi connectivity index (χ4n) is 7.72. The number of hydrogen-bond acceptors (Lipinski definition) is 3. The van der Waals surface area contributed by atoms with Crippen molar-refractivity contribution < 1.29 is 5.11 Å². The van der Waals surface area contributed by atoms with Gasteiger partial charge in [-0.15, -0.1) is 0 Å². The predicted molar refractivity (Wildman–Crippen MR) is 120 cm³/mol. The molecule has 0 unspecified atom stereocenters. The van der Waals surface area contributed by atoms with Crippen LogP contribution in [0.2, 0.25) is 0 Å². The predicted octanol–water partition coefficient (Wildman–Crippen LogP) is 4.38. The summed E-state index contributed by atoms with van der Waals surface area (Å²) in [5.74, 6) is 2.18. The zero-order valence-electron chi connectivity index (χ0n) is 18.6. The van der Waals surface area contributed by atoms with Crippen LogP contribution in [0, 0.1) is 34.5 Å². The fourth-order valence-corrected chi connectivity index (χ4v) is 7.72. The first kappa shape index (κ1) is 20.3. The Morgan fingerprint density at radius 1 is 1.13 bits per heavy atom. The molecule has 0 radical (unpaired) electrons. The van der Waals surface area contributed by atoms with Gasteiger partial charge >= 0.3 is 0 Å². The van der Waals surface area contributed by atoms with Crippen molar-refractivity contribution in [3.05, 3.63) is 47.8 Å². The van der Waals surface area contributed by atoms with E-state index in [9.17, 15) is 5.11 Å². The Bertz CT molecular complexity index is 893. The summed E-state index contributed by atoms with van der Waals surface area (Å²) in [5.41, 5.74) is 10.8. The molecule has 30 heavy (non-hydrogen) atoms. The van der Waals surface area contributed by atoms with E-state index in [-0.39, 0.29) is 17.9 Å². The highest BCUT2D eigenvalue weighted by molar-refractivity contribution is 5.37. The first-order valence-electron chi connectivity index (χ1n) is 11.9. The largest absolute Gasteiger partial charge is 0.396 e. The molecule has 6 atom stereocenters. The van der Waals surface area contributed by atoms with Crippen molar-refractivity contribution in [1.82, 2.24) is 9.78 Å². The van der Waals surface area contributed by atoms with Crippen LogP contribution in [0.5, 0.6) is 0 Å². The Hall–Kier alpha value is -1.65. The van der Waals surface area contributed by atoms with Gasteiger partial charge in [-0.3, -0.25) is 0 Å². The van der Waals surface area contributed by atoms with Crippen LogP contribution >= 0.6 is 0 Å². The van der Waals surface area contributed by atoms with Crippen molar-refractivity contribution >= 4 is 0 Å². The van der Waals surface area contributed by atoms with Crippen LogP contribution in [0.15, 0.2) is 36.5 Å². The molecule has 2 fully saturated rings. The van der Waals surface area contributed by atoms with Crippen molar-refractivity contribution in [2.45, 2.75) is 58.8 Å². The highest BCUT2D eigenvalue weighted by Gasteiger charge is 2.55. The van der Waals surface area contributed by atoms with Crippen LogP contribution in [0.25, 0.3) is 5.69 Å². The topological polar surface area (TPSA) is 64.1 Å². The molecule has 0 amide bonds. The van der Waals surface area contributed by atoms with Gasteiger partial charge in [-0.2, -0.15) is 5.10 Å². The van der Waals surface area contributed by atoms with E-state index in [1.807, 2.05) is 6.07 Å². The van der Waals surface area contributed by atoms with Gasteiger partial charge in [0.2, 0.25) is 0 Å². The molecule has 1 aromatic heterocycles. The number of rotatable bonds is 4. The van der Waals surface area contributed by atoms with E-state index in [2.05, 4.69) is 49.0 Å². The Balaban J connectivity index is 1.50. The molecule has 0 bridgehead atoms. The molecule has 0 spiro atoms. The summed E-state index contributed by atoms with van der Waals surface area (Å²) >= 11 is 0. The number of fused-ring (bicyclic) bond motifs is 2. The van der Waals surface area contributed by atoms with Gasteiger partial charge in [0.25, 0.3) is 0 Å². The monoisotopic (exact) mass is 407 g/mol. The third-order valence-electron chi connectivity index (χ3n) is 9.46. The number of nitrogens with zero attached hydrogens (tertiary/aromatic N) is 2. The molecule has 1 aromatic carbocycles. The summed E-state index contributed by atoms with van der Waals surface area (Å²) in [5, 5.41) is 15.3. The van der Waals surface area contributed by atoms with Crippen LogP contribution in [0.3, 0.4) is 0 Å². The Kier molecular flexibility index (Phi) is 5.06. The third-order valence-corrected chi connectivity index (χ3v) is 9.46. The normalized spacial score (nSPS) is 38.3. The van der Waals surface area contributed by atoms with Gasteiger partial charge in [-0.05, 0) is 97.3 Å². The van der Waals surface area contributed by atoms with Gasteiger partial charge in [0.05, 0.1) is 11.9 Å². The highest BCUT2D eigenvalue weighted by atomic mass is 16.3. The molecule has 1 heterocycles. The number of hydrogen-bond donors (Lipinski definition) is 2. The lowest BCUT2D eigenvalue weighted by Gasteiger charge is -2.55. The van der Waals surface area contributed by atoms with E-state index in [0.717, 1.165) is 31.0 Å². The number of nitrogens with two attached hydrogens (primary N) is 1. The standard InChI is InChI=1S/C26H37N3O/c1-25-11-6-9-22(25)21(15-27)23(10-12-25)26(2)14-18-16-28-29(20-7-4-3-5-8-20)24(18)13-19(26)17-30/h3-5,7-8,16,19,21-23,30H,6,9-15,17,27H2,1-2H3/t19-,21+,22+,23+,25+,26+/m1/s1. The molecule has 3 N–H and O–H groups in total. The van der Waals surface area contributed by atoms with E-state index in [4.69, 9.17) is 10.8 Å². The summed E-state index contributed by atoms with van der Waals surface area (Å²) < 4.78 is 2.09. The molecule has 0 aliphatic heterocycles. The van der Waals surface area contributed by atoms with Gasteiger partial charge in [0.1, 0.15) is 0 Å². The van der Waals surface area contributed by atoms with Crippen LogP contribution in [-0.4, -0.2) is 28.0 Å². The fraction of sp³-hybridized carbons (Fsp3) is 0.654. The second kappa shape index (κ2) is 7.49. The molecule has 3 aliphatic carbocycles. The average molecular weight is 408 g/mol. The highest BCUT2D eigenvalue weighted by Crippen LogP contribution is 2.61. The number of para-hydroxylation sites is 1. The quantitative estimate of drug-likeness (QED) is 0.791. The lowest BCUT2D eigenvalue weighted by Crippen LogP contribution is -2.53. The minimum Gasteiger partial charge on any atom is -0.396 e. The second-order valence-electron chi connectivity index (χ2n) is 10.8. The van der Waals surface area contributed by atoms with Crippen LogP contribution < -0.4 is 5.73 Å². The molecule has 0 saturated heterocycles. The minimum absolute atomic E-state index is 0.0836. The van der Waals surface area contributed by atoms with Crippen LogP contribution in [0.1, 0.15) is 57.2 Å². The molecule has 5 rings (SSSR count). The van der Waals surface area contributed by atoms with Crippen molar-refractivity contribution in [3.8, 4) is 5.69 Å². The first-order valence-corrected chi connectivity index (χ1v) is 11.9. The van der Waals surface area contributed by atoms with Crippen molar-refractivity contribution in [2.24, 2.45) is 40.2 Å². The molecule has 2 aromatic rings. The Morgan fingerprint density at radius 3 is 2.67 bits per heavy atom. The molecule has 2 saturated carbocycles. The van der Waals surface area contributed by atoms with E-state index in [1.54, 1.807) is 0 Å². The number of aliphatic hydroxyl groups excluding tert-OH is 1. The summed E-state index contributed by atoms with van der Waals surface area (Å²) in [4.78, 5) is 0. The van der Waals surface area contributed by atoms with Gasteiger partial charge in [0, 0.05) is 12.3 Å². The van der Waals surface area contributed by atoms with Crippen molar-refractivity contribution in [1.29, 1.82) is 0 Å². The summed E-state index contributed by atoms with van der Waals surface area (Å²) in [6.07, 6.45) is 10.6. The first-order chi connectivity index (χ1) is 14.5. The maximum Gasteiger partial charge on any atom is 0.0648 e. The lowest BCUT2D eigenvalue weighted by atomic mass is 9.49. The number of aliphatic hydroxyl groups is 1. The summed E-state index contributed by atoms with van der Waals surface area (Å²) in [7, 11) is 0. The zero-order chi connectivity index (χ0) is 20.9. The SMILES string of the molecule is C[C@@]12CCC[C@H]1[C@H](CN)[C@@H]([C@@]1(C)Cc3cnn(-c4ccccc4)c3C[C@@H]1CO)CC2. The average Bonchev–Trinajstić information content (AvgIpc) is 3.35. The Labute approximate surface area is 180 Å². The lowest BCUT2D eigenvalue weighted by molar-refractivity contribution is -0.0607. The van der Waals surface area contributed by atoms with E-state index >= 15 is 0 Å². The van der Waals surface area contributed by atoms with Gasteiger partial charge in [-0.1, -0.05) is 38.5 Å². The molecular weight excluding hydrogens is 370 g/mol. The van der Waals surface area contributed by atoms with Crippen molar-refractivity contribution in [2.75, 3.05) is 13.2 Å². The van der Waals surface area contributed by atoms with Crippen LogP contribution in [0.4, 0.5) is 0 Å². The van der Waals surface area contributed by atoms with E-state index in [1.165, 1.54) is 43.4 Å². The maximum absolute atomic E-state index is 10.5. The number of aromatic nitrogens is 2. The van der Waals surface area contributed by atoms with Gasteiger partial charge in [0.15, 0.2) is 0 Å². The molecule has 162 valence electrons. The van der Waals surface area contributed by atoms with Crippen molar-refractivity contribution in [3.63, 3.8) is 0 Å². The second-order valence-corrected chi connectivity index (χ2v) is 10.8. The maximum atomic E-state index is 10.5. The van der Waals surface area contributed by atoms with Gasteiger partial charge in [-0.25, -0.2) is 4.68 Å². The molecule has 3 aliphatic rings. The zero-order valence-corrected chi connectivity index (χ0v) is 18.6. The molecule has 4 nitrogen and oxygen atoms in total. The Morgan fingerprint density at radius 2 is 1.93 bits per heavy atom. The van der Waals surface area contributed by atoms with Gasteiger partial charge < -0.3 is 10.8 Å². The third kappa shape index (κ3) is 2.98. The summed E-state index contributed by atoms with van der Waals surface area (Å²) in [6, 6.07) is 10.4. The summed E-state index contributed by atoms with van der Waals surface area (Å²) in [6.45, 7) is 5.99. The van der Waals surface area contributed by atoms with E-state index in [0.29, 0.717) is 17.3 Å². The molecule has 4 heteroatoms. The molecular formula is C26H37N3O. The van der Waals surface area contributed by atoms with E-state index < -0.39 is 0 Å². The minimum atomic E-state index is 0.0836.